The lowest BCUT2D eigenvalue weighted by Crippen LogP contribution is -2.21. The van der Waals surface area contributed by atoms with E-state index in [0.717, 1.165) is 0 Å². The van der Waals surface area contributed by atoms with Crippen molar-refractivity contribution in [3.63, 3.8) is 0 Å². The maximum Gasteiger partial charge on any atom is 0.199 e. The lowest BCUT2D eigenvalue weighted by molar-refractivity contribution is 0.372. The van der Waals surface area contributed by atoms with E-state index in [4.69, 9.17) is 36.3 Å². The Morgan fingerprint density at radius 1 is 0.923 bits per heavy atom. The van der Waals surface area contributed by atoms with E-state index in [9.17, 15) is 0 Å². The number of benzene rings is 1. The molecule has 1 aromatic carbocycles. The lowest BCUT2D eigenvalue weighted by Gasteiger charge is -2.10. The van der Waals surface area contributed by atoms with E-state index in [1.807, 2.05) is 0 Å². The highest BCUT2D eigenvalue weighted by atomic mass is 16.3. The van der Waals surface area contributed by atoms with Crippen LogP contribution in [0.4, 0.5) is 0 Å². The van der Waals surface area contributed by atoms with Gasteiger partial charge in [-0.1, -0.05) is 0 Å². The van der Waals surface area contributed by atoms with Crippen molar-refractivity contribution in [1.82, 2.24) is 0 Å². The predicted octanol–water partition coefficient (Wildman–Crippen LogP) is -1.74. The number of hydrogen-bond acceptors (Lipinski definition) is 4. The first-order valence-corrected chi connectivity index (χ1v) is 3.22. The second-order valence-corrected chi connectivity index (χ2v) is 2.36. The Morgan fingerprint density at radius 2 is 1.31 bits per heavy atom. The van der Waals surface area contributed by atoms with Gasteiger partial charge in [-0.2, -0.15) is 5.26 Å². The van der Waals surface area contributed by atoms with Crippen LogP contribution < -0.4 is 10.9 Å². The van der Waals surface area contributed by atoms with Crippen molar-refractivity contribution >= 4 is 26.6 Å². The summed E-state index contributed by atoms with van der Waals surface area (Å²) in [4.78, 5) is 0. The Kier molecular flexibility index (Phi) is 2.11. The van der Waals surface area contributed by atoms with Crippen LogP contribution >= 0.6 is 0 Å². The molecule has 0 bridgehead atoms. The lowest BCUT2D eigenvalue weighted by atomic mass is 9.79. The van der Waals surface area contributed by atoms with Crippen molar-refractivity contribution in [2.75, 3.05) is 0 Å². The zero-order valence-corrected chi connectivity index (χ0v) is 6.44. The van der Waals surface area contributed by atoms with E-state index in [2.05, 4.69) is 0 Å². The Labute approximate surface area is 76.9 Å². The minimum Gasteiger partial charge on any atom is -0.505 e. The zero-order chi connectivity index (χ0) is 10.2. The van der Waals surface area contributed by atoms with Crippen molar-refractivity contribution < 1.29 is 15.3 Å². The third-order valence-electron chi connectivity index (χ3n) is 1.61. The molecular formula is C7H3B2NO3. The van der Waals surface area contributed by atoms with Gasteiger partial charge >= 0.3 is 0 Å². The van der Waals surface area contributed by atoms with Gasteiger partial charge in [0, 0.05) is 5.56 Å². The molecule has 0 atom stereocenters. The highest BCUT2D eigenvalue weighted by Crippen LogP contribution is 2.30. The molecule has 1 rings (SSSR count). The van der Waals surface area contributed by atoms with Crippen LogP contribution in [0.15, 0.2) is 0 Å². The highest BCUT2D eigenvalue weighted by molar-refractivity contribution is 6.43. The predicted molar refractivity (Wildman–Crippen MR) is 46.9 cm³/mol. The van der Waals surface area contributed by atoms with Crippen LogP contribution in [-0.2, 0) is 0 Å². The number of nitrogens with zero attached hydrogens (tertiary/aromatic N) is 1. The Morgan fingerprint density at radius 3 is 1.62 bits per heavy atom. The van der Waals surface area contributed by atoms with Crippen LogP contribution in [0.1, 0.15) is 5.56 Å². The van der Waals surface area contributed by atoms with Crippen LogP contribution in [0.25, 0.3) is 0 Å². The molecule has 13 heavy (non-hydrogen) atoms. The molecule has 0 saturated heterocycles. The molecule has 0 heterocycles. The first-order chi connectivity index (χ1) is 6.00. The molecule has 0 spiro atoms. The fraction of sp³-hybridized carbons (Fsp3) is 0. The number of rotatable bonds is 0. The fourth-order valence-corrected chi connectivity index (χ4v) is 0.870. The molecule has 0 amide bonds. The molecule has 6 heteroatoms. The van der Waals surface area contributed by atoms with Crippen molar-refractivity contribution in [3.05, 3.63) is 5.56 Å². The molecule has 0 unspecified atom stereocenters. The van der Waals surface area contributed by atoms with Crippen molar-refractivity contribution in [2.45, 2.75) is 0 Å². The first kappa shape index (κ1) is 9.33. The van der Waals surface area contributed by atoms with Crippen molar-refractivity contribution in [3.8, 4) is 23.3 Å². The summed E-state index contributed by atoms with van der Waals surface area (Å²) in [6.45, 7) is 0. The van der Waals surface area contributed by atoms with E-state index >= 15 is 0 Å². The molecule has 4 radical (unpaired) electrons. The number of phenols is 3. The molecule has 60 valence electrons. The fourth-order valence-electron chi connectivity index (χ4n) is 0.870. The maximum absolute atomic E-state index is 9.08. The molecule has 0 aliphatic carbocycles. The Bertz CT molecular complexity index is 382. The van der Waals surface area contributed by atoms with Crippen LogP contribution in [0.3, 0.4) is 0 Å². The Hall–Kier alpha value is -1.76. The van der Waals surface area contributed by atoms with Gasteiger partial charge in [0.1, 0.15) is 15.7 Å². The summed E-state index contributed by atoms with van der Waals surface area (Å²) in [7, 11) is 10.5. The summed E-state index contributed by atoms with van der Waals surface area (Å²) >= 11 is 0. The average molecular weight is 171 g/mol. The largest absolute Gasteiger partial charge is 0.505 e. The molecule has 0 aromatic heterocycles. The highest BCUT2D eigenvalue weighted by Gasteiger charge is 2.16. The van der Waals surface area contributed by atoms with Gasteiger partial charge in [-0.05, 0) is 10.9 Å². The van der Waals surface area contributed by atoms with Crippen molar-refractivity contribution in [1.29, 1.82) is 5.26 Å². The molecule has 0 fully saturated rings. The van der Waals surface area contributed by atoms with Gasteiger partial charge in [0.2, 0.25) is 0 Å². The topological polar surface area (TPSA) is 84.5 Å². The van der Waals surface area contributed by atoms with E-state index in [-0.39, 0.29) is 16.5 Å². The van der Waals surface area contributed by atoms with Gasteiger partial charge in [0.25, 0.3) is 0 Å². The summed E-state index contributed by atoms with van der Waals surface area (Å²) in [5.41, 5.74) is -0.960. The third kappa shape index (κ3) is 1.18. The second kappa shape index (κ2) is 2.94. The van der Waals surface area contributed by atoms with E-state index in [0.29, 0.717) is 0 Å². The molecule has 0 aliphatic rings. The maximum atomic E-state index is 9.08. The van der Waals surface area contributed by atoms with Crippen LogP contribution in [0.2, 0.25) is 0 Å². The minimum absolute atomic E-state index is 0.257. The van der Waals surface area contributed by atoms with Crippen LogP contribution in [0.5, 0.6) is 17.2 Å². The zero-order valence-electron chi connectivity index (χ0n) is 6.44. The number of hydrogen-bond donors (Lipinski definition) is 3. The van der Waals surface area contributed by atoms with Gasteiger partial charge in [0.15, 0.2) is 17.2 Å². The second-order valence-electron chi connectivity index (χ2n) is 2.36. The van der Waals surface area contributed by atoms with E-state index < -0.39 is 17.2 Å². The molecule has 1 aromatic rings. The number of phenolic OH excluding ortho intramolecular Hbond substituents is 3. The minimum atomic E-state index is -0.825. The summed E-state index contributed by atoms with van der Waals surface area (Å²) < 4.78 is 0. The summed E-state index contributed by atoms with van der Waals surface area (Å²) in [5.74, 6) is -2.32. The molecule has 0 aliphatic heterocycles. The summed E-state index contributed by atoms with van der Waals surface area (Å²) in [6, 6.07) is 1.59. The standard InChI is InChI=1S/C7H3B2NO3/c8-3-2(1-10)4(9)6(12)7(13)5(3)11/h11-13H. The third-order valence-corrected chi connectivity index (χ3v) is 1.61. The normalized spacial score (nSPS) is 9.46. The van der Waals surface area contributed by atoms with Crippen molar-refractivity contribution in [2.24, 2.45) is 0 Å². The molecule has 3 N–H and O–H groups in total. The first-order valence-electron chi connectivity index (χ1n) is 3.22. The van der Waals surface area contributed by atoms with Gasteiger partial charge < -0.3 is 15.3 Å². The quantitative estimate of drug-likeness (QED) is 0.319. The number of aromatic hydroxyl groups is 3. The SMILES string of the molecule is [B]c1c(O)c(O)c(O)c([B])c1C#N. The average Bonchev–Trinajstić information content (AvgIpc) is 2.13. The van der Waals surface area contributed by atoms with Gasteiger partial charge in [0.05, 0.1) is 6.07 Å². The molecule has 0 saturated carbocycles. The molecule has 4 nitrogen and oxygen atoms in total. The number of nitriles is 1. The van der Waals surface area contributed by atoms with Gasteiger partial charge in [-0.3, -0.25) is 0 Å². The monoisotopic (exact) mass is 171 g/mol. The summed E-state index contributed by atoms with van der Waals surface area (Å²) in [6.07, 6.45) is 0. The molecular weight excluding hydrogens is 168 g/mol. The van der Waals surface area contributed by atoms with Gasteiger partial charge in [-0.15, -0.1) is 0 Å². The van der Waals surface area contributed by atoms with Crippen LogP contribution in [0, 0.1) is 11.3 Å². The van der Waals surface area contributed by atoms with Gasteiger partial charge in [-0.25, -0.2) is 0 Å². The smallest absolute Gasteiger partial charge is 0.199 e. The summed E-state index contributed by atoms with van der Waals surface area (Å²) in [5, 5.41) is 35.7. The Balaban J connectivity index is 3.69. The van der Waals surface area contributed by atoms with Crippen LogP contribution in [-0.4, -0.2) is 31.0 Å². The van der Waals surface area contributed by atoms with E-state index in [1.165, 1.54) is 0 Å². The van der Waals surface area contributed by atoms with E-state index in [1.54, 1.807) is 6.07 Å².